The van der Waals surface area contributed by atoms with E-state index < -0.39 is 10.7 Å². The SMILES string of the molecule is O=[N+]([O-])c1cc(F)ccc1N1CCC[C@@H](c2nc3ccccc3[nH]2)C1. The lowest BCUT2D eigenvalue weighted by molar-refractivity contribution is -0.384. The van der Waals surface area contributed by atoms with Crippen LogP contribution in [-0.4, -0.2) is 28.0 Å². The number of nitro groups is 1. The van der Waals surface area contributed by atoms with E-state index in [0.717, 1.165) is 35.8 Å². The third-order valence-electron chi connectivity index (χ3n) is 4.69. The van der Waals surface area contributed by atoms with Crippen molar-refractivity contribution in [2.45, 2.75) is 18.8 Å². The summed E-state index contributed by atoms with van der Waals surface area (Å²) >= 11 is 0. The first-order valence-electron chi connectivity index (χ1n) is 8.25. The van der Waals surface area contributed by atoms with E-state index in [9.17, 15) is 14.5 Å². The average molecular weight is 340 g/mol. The molecule has 1 atom stereocenters. The minimum Gasteiger partial charge on any atom is -0.365 e. The second-order valence-electron chi connectivity index (χ2n) is 6.31. The quantitative estimate of drug-likeness (QED) is 0.578. The Labute approximate surface area is 143 Å². The van der Waals surface area contributed by atoms with E-state index in [4.69, 9.17) is 0 Å². The van der Waals surface area contributed by atoms with Crippen molar-refractivity contribution in [3.05, 3.63) is 64.2 Å². The second-order valence-corrected chi connectivity index (χ2v) is 6.31. The molecular weight excluding hydrogens is 323 g/mol. The average Bonchev–Trinajstić information content (AvgIpc) is 3.06. The summed E-state index contributed by atoms with van der Waals surface area (Å²) < 4.78 is 13.4. The van der Waals surface area contributed by atoms with Crippen LogP contribution in [0, 0.1) is 15.9 Å². The summed E-state index contributed by atoms with van der Waals surface area (Å²) in [5, 5.41) is 11.3. The molecule has 2 heterocycles. The summed E-state index contributed by atoms with van der Waals surface area (Å²) in [7, 11) is 0. The zero-order valence-corrected chi connectivity index (χ0v) is 13.5. The highest BCUT2D eigenvalue weighted by Gasteiger charge is 2.28. The van der Waals surface area contributed by atoms with E-state index in [1.807, 2.05) is 29.2 Å². The minimum atomic E-state index is -0.596. The molecule has 0 saturated carbocycles. The molecule has 0 aliphatic carbocycles. The van der Waals surface area contributed by atoms with Crippen molar-refractivity contribution >= 4 is 22.4 Å². The predicted molar refractivity (Wildman–Crippen MR) is 93.3 cm³/mol. The summed E-state index contributed by atoms with van der Waals surface area (Å²) in [6, 6.07) is 11.6. The van der Waals surface area contributed by atoms with Crippen molar-refractivity contribution in [3.63, 3.8) is 0 Å². The van der Waals surface area contributed by atoms with Gasteiger partial charge in [0.25, 0.3) is 5.69 Å². The van der Waals surface area contributed by atoms with Gasteiger partial charge in [0.2, 0.25) is 0 Å². The number of benzene rings is 2. The monoisotopic (exact) mass is 340 g/mol. The Morgan fingerprint density at radius 2 is 2.12 bits per heavy atom. The number of fused-ring (bicyclic) bond motifs is 1. The Hall–Kier alpha value is -2.96. The van der Waals surface area contributed by atoms with Crippen LogP contribution >= 0.6 is 0 Å². The molecule has 3 aromatic rings. The molecule has 128 valence electrons. The van der Waals surface area contributed by atoms with Crippen LogP contribution in [-0.2, 0) is 0 Å². The van der Waals surface area contributed by atoms with Crippen molar-refractivity contribution in [2.75, 3.05) is 18.0 Å². The summed E-state index contributed by atoms with van der Waals surface area (Å²) in [4.78, 5) is 20.7. The number of nitro benzene ring substituents is 1. The van der Waals surface area contributed by atoms with Gasteiger partial charge in [-0.2, -0.15) is 0 Å². The zero-order valence-electron chi connectivity index (χ0n) is 13.5. The molecule has 25 heavy (non-hydrogen) atoms. The van der Waals surface area contributed by atoms with E-state index in [-0.39, 0.29) is 11.6 Å². The standard InChI is InChI=1S/C18H17FN4O2/c19-13-7-8-16(17(10-13)23(24)25)22-9-3-4-12(11-22)18-20-14-5-1-2-6-15(14)21-18/h1-2,5-8,10,12H,3-4,9,11H2,(H,20,21)/t12-/m1/s1. The highest BCUT2D eigenvalue weighted by atomic mass is 19.1. The van der Waals surface area contributed by atoms with E-state index in [0.29, 0.717) is 18.8 Å². The maximum Gasteiger partial charge on any atom is 0.295 e. The molecule has 1 N–H and O–H groups in total. The van der Waals surface area contributed by atoms with Crippen LogP contribution in [0.4, 0.5) is 15.8 Å². The van der Waals surface area contributed by atoms with Gasteiger partial charge < -0.3 is 9.88 Å². The highest BCUT2D eigenvalue weighted by molar-refractivity contribution is 5.75. The molecule has 1 fully saturated rings. The molecule has 0 unspecified atom stereocenters. The number of hydrogen-bond acceptors (Lipinski definition) is 4. The fourth-order valence-corrected chi connectivity index (χ4v) is 3.50. The van der Waals surface area contributed by atoms with Crippen LogP contribution in [0.3, 0.4) is 0 Å². The number of anilines is 1. The van der Waals surface area contributed by atoms with Crippen LogP contribution in [0.1, 0.15) is 24.6 Å². The van der Waals surface area contributed by atoms with Gasteiger partial charge >= 0.3 is 0 Å². The van der Waals surface area contributed by atoms with Gasteiger partial charge in [0, 0.05) is 19.0 Å². The molecule has 6 nitrogen and oxygen atoms in total. The zero-order chi connectivity index (χ0) is 17.4. The fraction of sp³-hybridized carbons (Fsp3) is 0.278. The molecule has 4 rings (SSSR count). The molecule has 7 heteroatoms. The molecule has 1 saturated heterocycles. The van der Waals surface area contributed by atoms with Crippen LogP contribution in [0.25, 0.3) is 11.0 Å². The number of H-pyrrole nitrogens is 1. The largest absolute Gasteiger partial charge is 0.365 e. The lowest BCUT2D eigenvalue weighted by atomic mass is 9.96. The van der Waals surface area contributed by atoms with Crippen molar-refractivity contribution in [1.29, 1.82) is 0 Å². The fourth-order valence-electron chi connectivity index (χ4n) is 3.50. The molecule has 1 aliphatic rings. The van der Waals surface area contributed by atoms with Gasteiger partial charge in [-0.25, -0.2) is 9.37 Å². The molecule has 2 aromatic carbocycles. The van der Waals surface area contributed by atoms with Crippen molar-refractivity contribution in [2.24, 2.45) is 0 Å². The Bertz CT molecular complexity index is 907. The normalized spacial score (nSPS) is 17.8. The van der Waals surface area contributed by atoms with Crippen LogP contribution in [0.15, 0.2) is 42.5 Å². The third kappa shape index (κ3) is 2.93. The first-order chi connectivity index (χ1) is 12.1. The van der Waals surface area contributed by atoms with E-state index in [1.165, 1.54) is 12.1 Å². The van der Waals surface area contributed by atoms with Crippen molar-refractivity contribution in [3.8, 4) is 0 Å². The molecule has 0 amide bonds. The summed E-state index contributed by atoms with van der Waals surface area (Å²) in [6.45, 7) is 1.33. The number of halogens is 1. The number of para-hydroxylation sites is 2. The van der Waals surface area contributed by atoms with E-state index in [2.05, 4.69) is 9.97 Å². The number of aromatic amines is 1. The van der Waals surface area contributed by atoms with Gasteiger partial charge in [0.05, 0.1) is 22.0 Å². The number of hydrogen-bond donors (Lipinski definition) is 1. The summed E-state index contributed by atoms with van der Waals surface area (Å²) in [5.41, 5.74) is 2.18. The number of aromatic nitrogens is 2. The lowest BCUT2D eigenvalue weighted by Gasteiger charge is -2.33. The van der Waals surface area contributed by atoms with E-state index >= 15 is 0 Å². The number of imidazole rings is 1. The van der Waals surface area contributed by atoms with Gasteiger partial charge in [0.15, 0.2) is 0 Å². The van der Waals surface area contributed by atoms with Crippen LogP contribution < -0.4 is 4.90 Å². The predicted octanol–water partition coefficient (Wildman–Crippen LogP) is 3.99. The molecule has 1 aliphatic heterocycles. The Kier molecular flexibility index (Phi) is 3.83. The Morgan fingerprint density at radius 1 is 1.28 bits per heavy atom. The second kappa shape index (κ2) is 6.16. The molecule has 1 aromatic heterocycles. The van der Waals surface area contributed by atoms with Crippen LogP contribution in [0.2, 0.25) is 0 Å². The van der Waals surface area contributed by atoms with Crippen LogP contribution in [0.5, 0.6) is 0 Å². The smallest absolute Gasteiger partial charge is 0.295 e. The first-order valence-corrected chi connectivity index (χ1v) is 8.25. The molecule has 0 bridgehead atoms. The summed E-state index contributed by atoms with van der Waals surface area (Å²) in [5.74, 6) is 0.461. The summed E-state index contributed by atoms with van der Waals surface area (Å²) in [6.07, 6.45) is 1.86. The minimum absolute atomic E-state index is 0.158. The number of nitrogens with zero attached hydrogens (tertiary/aromatic N) is 3. The Morgan fingerprint density at radius 3 is 2.92 bits per heavy atom. The third-order valence-corrected chi connectivity index (χ3v) is 4.69. The number of rotatable bonds is 3. The number of nitrogens with one attached hydrogen (secondary N) is 1. The van der Waals surface area contributed by atoms with Gasteiger partial charge in [-0.15, -0.1) is 0 Å². The van der Waals surface area contributed by atoms with E-state index in [1.54, 1.807) is 0 Å². The van der Waals surface area contributed by atoms with Crippen molar-refractivity contribution < 1.29 is 9.31 Å². The van der Waals surface area contributed by atoms with Crippen molar-refractivity contribution in [1.82, 2.24) is 9.97 Å². The molecule has 0 spiro atoms. The van der Waals surface area contributed by atoms with Gasteiger partial charge in [-0.05, 0) is 37.1 Å². The Balaban J connectivity index is 1.64. The maximum atomic E-state index is 13.4. The molecular formula is C18H17FN4O2. The van der Waals surface area contributed by atoms with Gasteiger partial charge in [0.1, 0.15) is 17.3 Å². The lowest BCUT2D eigenvalue weighted by Crippen LogP contribution is -2.35. The first kappa shape index (κ1) is 15.6. The van der Waals surface area contributed by atoms with Gasteiger partial charge in [-0.3, -0.25) is 10.1 Å². The topological polar surface area (TPSA) is 75.1 Å². The van der Waals surface area contributed by atoms with Gasteiger partial charge in [-0.1, -0.05) is 12.1 Å². The maximum absolute atomic E-state index is 13.4. The number of piperidine rings is 1. The molecule has 0 radical (unpaired) electrons. The highest BCUT2D eigenvalue weighted by Crippen LogP contribution is 2.34.